The zero-order valence-corrected chi connectivity index (χ0v) is 9.58. The van der Waals surface area contributed by atoms with Gasteiger partial charge in [0.1, 0.15) is 5.82 Å². The minimum Gasteiger partial charge on any atom is -0.382 e. The maximum atomic E-state index is 13.0. The van der Waals surface area contributed by atoms with E-state index in [9.17, 15) is 4.39 Å². The third kappa shape index (κ3) is 4.70. The fourth-order valence-corrected chi connectivity index (χ4v) is 1.56. The van der Waals surface area contributed by atoms with Gasteiger partial charge in [-0.15, -0.1) is 0 Å². The monoisotopic (exact) mass is 226 g/mol. The van der Waals surface area contributed by atoms with Gasteiger partial charge in [0, 0.05) is 19.3 Å². The molecule has 0 aromatic heterocycles. The lowest BCUT2D eigenvalue weighted by Crippen LogP contribution is -2.37. The van der Waals surface area contributed by atoms with Crippen molar-refractivity contribution in [2.24, 2.45) is 5.84 Å². The molecule has 16 heavy (non-hydrogen) atoms. The molecule has 90 valence electrons. The van der Waals surface area contributed by atoms with E-state index in [0.717, 1.165) is 12.0 Å². The van der Waals surface area contributed by atoms with E-state index < -0.39 is 0 Å². The van der Waals surface area contributed by atoms with Crippen LogP contribution < -0.4 is 11.3 Å². The number of benzene rings is 1. The molecule has 0 amide bonds. The maximum Gasteiger partial charge on any atom is 0.123 e. The van der Waals surface area contributed by atoms with Gasteiger partial charge in [-0.1, -0.05) is 12.1 Å². The Hall–Kier alpha value is -0.970. The van der Waals surface area contributed by atoms with Crippen LogP contribution in [0.1, 0.15) is 18.9 Å². The molecule has 1 rings (SSSR count). The van der Waals surface area contributed by atoms with Gasteiger partial charge in [-0.05, 0) is 37.5 Å². The number of nitrogens with two attached hydrogens (primary N) is 1. The molecule has 1 aromatic rings. The van der Waals surface area contributed by atoms with Crippen LogP contribution in [-0.4, -0.2) is 19.3 Å². The summed E-state index contributed by atoms with van der Waals surface area (Å²) in [6.45, 7) is 3.33. The third-order valence-corrected chi connectivity index (χ3v) is 2.42. The summed E-state index contributed by atoms with van der Waals surface area (Å²) in [4.78, 5) is 0. The van der Waals surface area contributed by atoms with E-state index in [-0.39, 0.29) is 11.9 Å². The van der Waals surface area contributed by atoms with Crippen molar-refractivity contribution >= 4 is 0 Å². The SMILES string of the molecule is CCOCCC(Cc1cccc(F)c1)NN. The fraction of sp³-hybridized carbons (Fsp3) is 0.500. The van der Waals surface area contributed by atoms with Crippen molar-refractivity contribution in [3.63, 3.8) is 0 Å². The van der Waals surface area contributed by atoms with Crippen molar-refractivity contribution in [1.82, 2.24) is 5.43 Å². The standard InChI is InChI=1S/C12H19FN2O/c1-2-16-7-6-12(15-14)9-10-4-3-5-11(13)8-10/h3-5,8,12,15H,2,6-7,9,14H2,1H3. The van der Waals surface area contributed by atoms with Gasteiger partial charge in [-0.2, -0.15) is 0 Å². The number of hydrogen-bond donors (Lipinski definition) is 2. The molecule has 0 fully saturated rings. The van der Waals surface area contributed by atoms with Crippen LogP contribution in [0.3, 0.4) is 0 Å². The number of nitrogens with one attached hydrogen (secondary N) is 1. The summed E-state index contributed by atoms with van der Waals surface area (Å²) in [5, 5.41) is 0. The Bertz CT molecular complexity index is 307. The van der Waals surface area contributed by atoms with Crippen LogP contribution in [0.25, 0.3) is 0 Å². The van der Waals surface area contributed by atoms with Crippen LogP contribution in [0.15, 0.2) is 24.3 Å². The molecule has 1 aromatic carbocycles. The average molecular weight is 226 g/mol. The predicted octanol–water partition coefficient (Wildman–Crippen LogP) is 1.63. The fourth-order valence-electron chi connectivity index (χ4n) is 1.56. The first-order chi connectivity index (χ1) is 7.76. The smallest absolute Gasteiger partial charge is 0.123 e. The molecule has 3 N–H and O–H groups in total. The van der Waals surface area contributed by atoms with Crippen LogP contribution in [0.4, 0.5) is 4.39 Å². The molecular formula is C12H19FN2O. The Labute approximate surface area is 95.8 Å². The van der Waals surface area contributed by atoms with Gasteiger partial charge in [-0.25, -0.2) is 4.39 Å². The van der Waals surface area contributed by atoms with E-state index in [1.807, 2.05) is 13.0 Å². The summed E-state index contributed by atoms with van der Waals surface area (Å²) >= 11 is 0. The molecule has 0 aliphatic heterocycles. The molecule has 0 bridgehead atoms. The molecule has 1 atom stereocenters. The first-order valence-corrected chi connectivity index (χ1v) is 5.54. The number of rotatable bonds is 7. The molecule has 0 saturated carbocycles. The second-order valence-electron chi connectivity index (χ2n) is 3.68. The zero-order chi connectivity index (χ0) is 11.8. The van der Waals surface area contributed by atoms with Crippen molar-refractivity contribution in [1.29, 1.82) is 0 Å². The average Bonchev–Trinajstić information content (AvgIpc) is 2.28. The van der Waals surface area contributed by atoms with Crippen molar-refractivity contribution < 1.29 is 9.13 Å². The van der Waals surface area contributed by atoms with Crippen LogP contribution in [-0.2, 0) is 11.2 Å². The minimum absolute atomic E-state index is 0.119. The number of halogens is 1. The van der Waals surface area contributed by atoms with Crippen LogP contribution in [0, 0.1) is 5.82 Å². The lowest BCUT2D eigenvalue weighted by atomic mass is 10.0. The molecule has 0 saturated heterocycles. The normalized spacial score (nSPS) is 12.7. The number of hydrogen-bond acceptors (Lipinski definition) is 3. The molecular weight excluding hydrogens is 207 g/mol. The Morgan fingerprint density at radius 1 is 1.50 bits per heavy atom. The van der Waals surface area contributed by atoms with E-state index in [4.69, 9.17) is 10.6 Å². The van der Waals surface area contributed by atoms with Gasteiger partial charge < -0.3 is 4.74 Å². The van der Waals surface area contributed by atoms with Crippen molar-refractivity contribution in [3.05, 3.63) is 35.6 Å². The van der Waals surface area contributed by atoms with Crippen LogP contribution in [0.5, 0.6) is 0 Å². The van der Waals surface area contributed by atoms with E-state index in [2.05, 4.69) is 5.43 Å². The molecule has 0 aliphatic carbocycles. The number of hydrazine groups is 1. The van der Waals surface area contributed by atoms with Gasteiger partial charge in [0.15, 0.2) is 0 Å². The molecule has 3 nitrogen and oxygen atoms in total. The summed E-state index contributed by atoms with van der Waals surface area (Å²) in [6.07, 6.45) is 1.53. The first-order valence-electron chi connectivity index (χ1n) is 5.54. The predicted molar refractivity (Wildman–Crippen MR) is 62.3 cm³/mol. The lowest BCUT2D eigenvalue weighted by molar-refractivity contribution is 0.136. The van der Waals surface area contributed by atoms with E-state index in [0.29, 0.717) is 19.6 Å². The van der Waals surface area contributed by atoms with Gasteiger partial charge >= 0.3 is 0 Å². The van der Waals surface area contributed by atoms with Gasteiger partial charge in [0.2, 0.25) is 0 Å². The first kappa shape index (κ1) is 13.1. The Balaban J connectivity index is 2.43. The summed E-state index contributed by atoms with van der Waals surface area (Å²) in [5.74, 6) is 5.23. The molecule has 1 unspecified atom stereocenters. The Morgan fingerprint density at radius 3 is 2.94 bits per heavy atom. The van der Waals surface area contributed by atoms with Gasteiger partial charge in [0.25, 0.3) is 0 Å². The molecule has 0 spiro atoms. The van der Waals surface area contributed by atoms with E-state index >= 15 is 0 Å². The van der Waals surface area contributed by atoms with E-state index in [1.54, 1.807) is 6.07 Å². The topological polar surface area (TPSA) is 47.3 Å². The van der Waals surface area contributed by atoms with E-state index in [1.165, 1.54) is 12.1 Å². The Kier molecular flexibility index (Phi) is 6.00. The summed E-state index contributed by atoms with van der Waals surface area (Å²) in [6, 6.07) is 6.70. The van der Waals surface area contributed by atoms with Gasteiger partial charge in [-0.3, -0.25) is 11.3 Å². The summed E-state index contributed by atoms with van der Waals surface area (Å²) < 4.78 is 18.2. The largest absolute Gasteiger partial charge is 0.382 e. The maximum absolute atomic E-state index is 13.0. The highest BCUT2D eigenvalue weighted by atomic mass is 19.1. The summed E-state index contributed by atoms with van der Waals surface area (Å²) in [7, 11) is 0. The minimum atomic E-state index is -0.210. The highest BCUT2D eigenvalue weighted by molar-refractivity contribution is 5.17. The van der Waals surface area contributed by atoms with Crippen molar-refractivity contribution in [2.45, 2.75) is 25.8 Å². The highest BCUT2D eigenvalue weighted by Crippen LogP contribution is 2.08. The zero-order valence-electron chi connectivity index (χ0n) is 9.58. The quantitative estimate of drug-likeness (QED) is 0.422. The van der Waals surface area contributed by atoms with Gasteiger partial charge in [0.05, 0.1) is 0 Å². The third-order valence-electron chi connectivity index (χ3n) is 2.42. The summed E-state index contributed by atoms with van der Waals surface area (Å²) in [5.41, 5.74) is 3.67. The molecule has 0 heterocycles. The molecule has 4 heteroatoms. The Morgan fingerprint density at radius 2 is 2.31 bits per heavy atom. The lowest BCUT2D eigenvalue weighted by Gasteiger charge is -2.15. The second kappa shape index (κ2) is 7.33. The van der Waals surface area contributed by atoms with Crippen molar-refractivity contribution in [2.75, 3.05) is 13.2 Å². The second-order valence-corrected chi connectivity index (χ2v) is 3.68. The van der Waals surface area contributed by atoms with Crippen LogP contribution in [0.2, 0.25) is 0 Å². The van der Waals surface area contributed by atoms with Crippen LogP contribution >= 0.6 is 0 Å². The molecule has 0 aliphatic rings. The highest BCUT2D eigenvalue weighted by Gasteiger charge is 2.07. The number of ether oxygens (including phenoxy) is 1. The van der Waals surface area contributed by atoms with Crippen molar-refractivity contribution in [3.8, 4) is 0 Å². The molecule has 0 radical (unpaired) electrons.